The number of rotatable bonds is 16. The molecule has 0 aliphatic carbocycles. The minimum absolute atomic E-state index is 0.0504. The summed E-state index contributed by atoms with van der Waals surface area (Å²) in [4.78, 5) is 78.7. The van der Waals surface area contributed by atoms with Gasteiger partial charge in [-0.2, -0.15) is 46.8 Å². The molecule has 2 unspecified atom stereocenters. The van der Waals surface area contributed by atoms with Crippen LogP contribution in [0.1, 0.15) is 70.7 Å². The first-order valence-electron chi connectivity index (χ1n) is 20.4. The van der Waals surface area contributed by atoms with Gasteiger partial charge in [-0.25, -0.2) is 0 Å². The van der Waals surface area contributed by atoms with Gasteiger partial charge in [-0.15, -0.1) is 0 Å². The van der Waals surface area contributed by atoms with E-state index in [1.807, 2.05) is 0 Å². The molecule has 70 heavy (non-hydrogen) atoms. The van der Waals surface area contributed by atoms with E-state index in [0.29, 0.717) is 48.2 Å². The maximum atomic E-state index is 13.6. The predicted octanol–water partition coefficient (Wildman–Crippen LogP) is 13.3. The summed E-state index contributed by atoms with van der Waals surface area (Å²) in [6.45, 7) is 5.70. The quantitative estimate of drug-likeness (QED) is 0.0430. The van der Waals surface area contributed by atoms with Crippen LogP contribution in [0.3, 0.4) is 0 Å². The Morgan fingerprint density at radius 2 is 0.871 bits per heavy atom. The van der Waals surface area contributed by atoms with Gasteiger partial charge < -0.3 is 21.3 Å². The molecule has 0 fully saturated rings. The van der Waals surface area contributed by atoms with Crippen molar-refractivity contribution in [3.05, 3.63) is 138 Å². The van der Waals surface area contributed by atoms with Crippen molar-refractivity contribution < 1.29 is 55.1 Å². The predicted molar refractivity (Wildman–Crippen MR) is 252 cm³/mol. The average Bonchev–Trinajstić information content (AvgIpc) is 3.26. The molecule has 0 saturated carbocycles. The third-order valence-corrected chi connectivity index (χ3v) is 10.9. The second-order valence-corrected chi connectivity index (χ2v) is 16.6. The van der Waals surface area contributed by atoms with E-state index in [1.165, 1.54) is 36.4 Å². The fraction of sp³-hybridized carbons (Fsp3) is 0.217. The molecule has 5 aromatic carbocycles. The fourth-order valence-electron chi connectivity index (χ4n) is 6.57. The van der Waals surface area contributed by atoms with Gasteiger partial charge in [-0.3, -0.25) is 28.8 Å². The maximum Gasteiger partial charge on any atom is 0.416 e. The second kappa shape index (κ2) is 22.8. The average molecular weight is 1050 g/mol. The maximum absolute atomic E-state index is 13.6. The molecule has 0 spiro atoms. The van der Waals surface area contributed by atoms with E-state index in [0.717, 1.165) is 38.1 Å². The molecule has 0 heterocycles. The van der Waals surface area contributed by atoms with E-state index in [4.69, 9.17) is 46.4 Å². The Morgan fingerprint density at radius 1 is 0.514 bits per heavy atom. The Hall–Kier alpha value is -6.74. The first-order chi connectivity index (χ1) is 32.8. The molecule has 0 aromatic heterocycles. The minimum Gasteiger partial charge on any atom is -0.323 e. The summed E-state index contributed by atoms with van der Waals surface area (Å²) >= 11 is 24.1. The van der Waals surface area contributed by atoms with Gasteiger partial charge in [0.2, 0.25) is 12.1 Å². The molecule has 5 rings (SSSR count). The van der Waals surface area contributed by atoms with Crippen molar-refractivity contribution in [3.8, 4) is 0 Å². The highest BCUT2D eigenvalue weighted by molar-refractivity contribution is 6.35. The monoisotopic (exact) mass is 1050 g/mol. The molecule has 5 aromatic rings. The molecule has 366 valence electrons. The van der Waals surface area contributed by atoms with Crippen molar-refractivity contribution in [2.75, 3.05) is 21.3 Å². The van der Waals surface area contributed by atoms with Gasteiger partial charge in [0.25, 0.3) is 23.6 Å². The van der Waals surface area contributed by atoms with Crippen LogP contribution in [0.15, 0.2) is 105 Å². The van der Waals surface area contributed by atoms with E-state index in [1.54, 1.807) is 13.8 Å². The summed E-state index contributed by atoms with van der Waals surface area (Å²) < 4.78 is 79.9. The number of carbonyl (C=O) groups is 6. The molecule has 0 aliphatic heterocycles. The number of hydrogen-bond donors (Lipinski definition) is 4. The number of nitrogens with zero attached hydrogens (tertiary/aromatic N) is 4. The van der Waals surface area contributed by atoms with Crippen LogP contribution in [0.25, 0.3) is 0 Å². The van der Waals surface area contributed by atoms with Crippen LogP contribution >= 0.6 is 46.4 Å². The lowest BCUT2D eigenvalue weighted by atomic mass is 9.98. The van der Waals surface area contributed by atoms with E-state index in [-0.39, 0.29) is 65.3 Å². The van der Waals surface area contributed by atoms with Crippen LogP contribution in [0, 0.1) is 0 Å². The molecular weight excluding hydrogens is 1020 g/mol. The summed E-state index contributed by atoms with van der Waals surface area (Å²) in [5, 5.41) is 24.8. The van der Waals surface area contributed by atoms with Gasteiger partial charge in [0.15, 0.2) is 11.6 Å². The lowest BCUT2D eigenvalue weighted by Gasteiger charge is -2.20. The van der Waals surface area contributed by atoms with Gasteiger partial charge in [0, 0.05) is 32.8 Å². The van der Waals surface area contributed by atoms with Gasteiger partial charge in [-0.05, 0) is 123 Å². The van der Waals surface area contributed by atoms with Crippen molar-refractivity contribution in [2.45, 2.75) is 65.0 Å². The lowest BCUT2D eigenvalue weighted by Crippen LogP contribution is -2.33. The zero-order valence-corrected chi connectivity index (χ0v) is 39.7. The summed E-state index contributed by atoms with van der Waals surface area (Å²) in [6, 6.07) is 11.8. The highest BCUT2D eigenvalue weighted by Crippen LogP contribution is 2.36. The van der Waals surface area contributed by atoms with Gasteiger partial charge >= 0.3 is 12.4 Å². The molecule has 4 amide bonds. The molecule has 2 atom stereocenters. The fourth-order valence-corrected chi connectivity index (χ4v) is 7.45. The van der Waals surface area contributed by atoms with Crippen molar-refractivity contribution in [3.63, 3.8) is 0 Å². The van der Waals surface area contributed by atoms with Crippen LogP contribution in [0.4, 0.5) is 60.5 Å². The highest BCUT2D eigenvalue weighted by Gasteiger charge is 2.33. The number of azo groups is 2. The molecule has 14 nitrogen and oxygen atoms in total. The van der Waals surface area contributed by atoms with Crippen molar-refractivity contribution >= 4 is 116 Å². The number of ketones is 2. The number of carbonyl (C=O) groups excluding carboxylic acids is 6. The number of halogens is 10. The third kappa shape index (κ3) is 14.0. The first-order valence-corrected chi connectivity index (χ1v) is 21.9. The summed E-state index contributed by atoms with van der Waals surface area (Å²) in [5.41, 5.74) is -1.77. The molecule has 4 N–H and O–H groups in total. The number of Topliss-reactive ketones (excluding diaryl/α,β-unsaturated/α-hetero) is 2. The largest absolute Gasteiger partial charge is 0.416 e. The Kier molecular flexibility index (Phi) is 17.6. The highest BCUT2D eigenvalue weighted by atomic mass is 35.5. The Balaban J connectivity index is 1.31. The Labute approximate surface area is 414 Å². The summed E-state index contributed by atoms with van der Waals surface area (Å²) in [5.74, 6) is -5.12. The SMILES string of the molecule is CCc1c(NC(=O)C(N=Nc2ccc(Cl)c(C(=O)Nc3cc(Cl)cc(C(F)(F)F)c3)c2)C(C)=O)ccc(NC(=O)C(N=Nc2ccc(Cl)c(C(=O)Nc3cc(Cl)cc(C(F)(F)F)c3)c2)C(C)=O)c1CC. The van der Waals surface area contributed by atoms with Crippen LogP contribution in [-0.2, 0) is 44.4 Å². The Morgan fingerprint density at radius 3 is 1.19 bits per heavy atom. The van der Waals surface area contributed by atoms with Gasteiger partial charge in [0.05, 0.1) is 43.7 Å². The number of benzene rings is 5. The van der Waals surface area contributed by atoms with Crippen molar-refractivity contribution in [1.82, 2.24) is 0 Å². The zero-order chi connectivity index (χ0) is 51.8. The summed E-state index contributed by atoms with van der Waals surface area (Å²) in [7, 11) is 0. The number of amides is 4. The number of hydrogen-bond acceptors (Lipinski definition) is 10. The number of anilines is 4. The van der Waals surface area contributed by atoms with Crippen molar-refractivity contribution in [2.24, 2.45) is 20.5 Å². The molecule has 0 radical (unpaired) electrons. The topological polar surface area (TPSA) is 200 Å². The standard InChI is InChI=1S/C46H36Cl4F6N8O6/c1-5-31-32(6-2)38(60-44(70)40(22(4)66)64-62-28-8-10-36(50)34(20-28)42(68)58-30-16-24(46(54,55)56)14-26(48)18-30)12-11-37(31)59-43(69)39(21(3)65)63-61-27-7-9-35(49)33(19-27)41(67)57-29-15-23(45(51,52)53)13-25(47)17-29/h7-20,39-40H,5-6H2,1-4H3,(H,57,67)(H,58,68)(H,59,69)(H,60,70). The number of alkyl halides is 6. The molecule has 0 aliphatic rings. The molecule has 0 bridgehead atoms. The van der Waals surface area contributed by atoms with Crippen LogP contribution < -0.4 is 21.3 Å². The Bertz CT molecular complexity index is 2770. The van der Waals surface area contributed by atoms with E-state index < -0.39 is 70.8 Å². The molecular formula is C46H36Cl4F6N8O6. The van der Waals surface area contributed by atoms with Crippen LogP contribution in [0.5, 0.6) is 0 Å². The smallest absolute Gasteiger partial charge is 0.323 e. The van der Waals surface area contributed by atoms with Crippen molar-refractivity contribution in [1.29, 1.82) is 0 Å². The van der Waals surface area contributed by atoms with E-state index >= 15 is 0 Å². The second-order valence-electron chi connectivity index (χ2n) is 14.9. The first kappa shape index (κ1) is 54.2. The zero-order valence-electron chi connectivity index (χ0n) is 36.7. The van der Waals surface area contributed by atoms with Gasteiger partial charge in [-0.1, -0.05) is 60.3 Å². The lowest BCUT2D eigenvalue weighted by molar-refractivity contribution is -0.138. The third-order valence-electron chi connectivity index (χ3n) is 9.85. The molecule has 24 heteroatoms. The normalized spacial score (nSPS) is 12.7. The minimum atomic E-state index is -4.75. The van der Waals surface area contributed by atoms with E-state index in [2.05, 4.69) is 41.7 Å². The van der Waals surface area contributed by atoms with Gasteiger partial charge in [0.1, 0.15) is 0 Å². The summed E-state index contributed by atoms with van der Waals surface area (Å²) in [6.07, 6.45) is -8.91. The number of nitrogens with one attached hydrogen (secondary N) is 4. The molecule has 0 saturated heterocycles. The van der Waals surface area contributed by atoms with E-state index in [9.17, 15) is 55.1 Å². The van der Waals surface area contributed by atoms with Crippen LogP contribution in [-0.4, -0.2) is 47.3 Å². The van der Waals surface area contributed by atoms with Crippen LogP contribution in [0.2, 0.25) is 20.1 Å².